The highest BCUT2D eigenvalue weighted by atomic mass is 79.9. The van der Waals surface area contributed by atoms with Crippen LogP contribution in [0.2, 0.25) is 0 Å². The first-order valence-electron chi connectivity index (χ1n) is 6.77. The second-order valence-corrected chi connectivity index (χ2v) is 5.69. The summed E-state index contributed by atoms with van der Waals surface area (Å²) in [7, 11) is 0. The molecule has 0 saturated heterocycles. The average molecular weight is 328 g/mol. The van der Waals surface area contributed by atoms with Gasteiger partial charge in [-0.1, -0.05) is 41.4 Å². The van der Waals surface area contributed by atoms with Crippen molar-refractivity contribution < 1.29 is 9.90 Å². The molecule has 1 atom stereocenters. The quantitative estimate of drug-likeness (QED) is 0.771. The Hall–Kier alpha value is -0.870. The van der Waals surface area contributed by atoms with Crippen LogP contribution >= 0.6 is 15.9 Å². The number of carbonyl (C=O) groups is 1. The third-order valence-corrected chi connectivity index (χ3v) is 3.57. The number of carbonyl (C=O) groups excluding carboxylic acids is 1. The van der Waals surface area contributed by atoms with Gasteiger partial charge < -0.3 is 10.4 Å². The largest absolute Gasteiger partial charge is 0.396 e. The van der Waals surface area contributed by atoms with Crippen LogP contribution in [0, 0.1) is 5.92 Å². The first-order valence-corrected chi connectivity index (χ1v) is 7.57. The monoisotopic (exact) mass is 327 g/mol. The van der Waals surface area contributed by atoms with Crippen molar-refractivity contribution in [2.75, 3.05) is 13.2 Å². The molecule has 106 valence electrons. The van der Waals surface area contributed by atoms with E-state index in [2.05, 4.69) is 28.2 Å². The number of hydrogen-bond donors (Lipinski definition) is 2. The molecular formula is C15H22BrNO2. The van der Waals surface area contributed by atoms with Crippen molar-refractivity contribution in [1.29, 1.82) is 0 Å². The molecule has 0 aliphatic rings. The van der Waals surface area contributed by atoms with Gasteiger partial charge in [-0.15, -0.1) is 0 Å². The Morgan fingerprint density at radius 1 is 1.42 bits per heavy atom. The molecule has 0 saturated carbocycles. The zero-order valence-electron chi connectivity index (χ0n) is 11.4. The zero-order valence-corrected chi connectivity index (χ0v) is 12.9. The van der Waals surface area contributed by atoms with Crippen molar-refractivity contribution in [1.82, 2.24) is 5.32 Å². The Labute approximate surface area is 123 Å². The van der Waals surface area contributed by atoms with Gasteiger partial charge in [0.25, 0.3) is 0 Å². The maximum atomic E-state index is 11.8. The van der Waals surface area contributed by atoms with Crippen molar-refractivity contribution in [3.8, 4) is 0 Å². The number of hydrogen-bond acceptors (Lipinski definition) is 2. The molecule has 3 nitrogen and oxygen atoms in total. The molecule has 2 N–H and O–H groups in total. The van der Waals surface area contributed by atoms with Crippen LogP contribution in [-0.4, -0.2) is 24.2 Å². The van der Waals surface area contributed by atoms with Crippen molar-refractivity contribution in [2.24, 2.45) is 5.92 Å². The minimum Gasteiger partial charge on any atom is -0.396 e. The van der Waals surface area contributed by atoms with Gasteiger partial charge >= 0.3 is 0 Å². The maximum absolute atomic E-state index is 11.8. The van der Waals surface area contributed by atoms with E-state index in [-0.39, 0.29) is 12.5 Å². The Bertz CT molecular complexity index is 389. The summed E-state index contributed by atoms with van der Waals surface area (Å²) in [5, 5.41) is 11.9. The summed E-state index contributed by atoms with van der Waals surface area (Å²) in [6.45, 7) is 2.96. The zero-order chi connectivity index (χ0) is 14.1. The third kappa shape index (κ3) is 6.73. The molecule has 1 aromatic rings. The molecule has 1 rings (SSSR count). The van der Waals surface area contributed by atoms with Crippen LogP contribution in [0.15, 0.2) is 28.7 Å². The van der Waals surface area contributed by atoms with Gasteiger partial charge in [0.1, 0.15) is 0 Å². The van der Waals surface area contributed by atoms with Crippen molar-refractivity contribution in [2.45, 2.75) is 32.6 Å². The van der Waals surface area contributed by atoms with Crippen molar-refractivity contribution in [3.63, 3.8) is 0 Å². The van der Waals surface area contributed by atoms with Gasteiger partial charge in [-0.3, -0.25) is 4.79 Å². The lowest BCUT2D eigenvalue weighted by molar-refractivity contribution is -0.120. The van der Waals surface area contributed by atoms with Crippen LogP contribution in [-0.2, 0) is 11.2 Å². The molecule has 0 aliphatic carbocycles. The number of halogens is 1. The summed E-state index contributed by atoms with van der Waals surface area (Å²) < 4.78 is 0.988. The van der Waals surface area contributed by atoms with Crippen molar-refractivity contribution in [3.05, 3.63) is 34.3 Å². The fourth-order valence-electron chi connectivity index (χ4n) is 2.09. The summed E-state index contributed by atoms with van der Waals surface area (Å²) in [4.78, 5) is 11.8. The topological polar surface area (TPSA) is 49.3 Å². The average Bonchev–Trinajstić information content (AvgIpc) is 2.36. The molecule has 0 fully saturated rings. The summed E-state index contributed by atoms with van der Waals surface area (Å²) in [5.41, 5.74) is 1.00. The van der Waals surface area contributed by atoms with Gasteiger partial charge in [0.2, 0.25) is 5.91 Å². The van der Waals surface area contributed by atoms with Crippen LogP contribution in [0.1, 0.15) is 31.7 Å². The number of benzene rings is 1. The van der Waals surface area contributed by atoms with Crippen LogP contribution in [0.3, 0.4) is 0 Å². The van der Waals surface area contributed by atoms with Crippen LogP contribution < -0.4 is 5.32 Å². The summed E-state index contributed by atoms with van der Waals surface area (Å²) in [6, 6.07) is 7.77. The smallest absolute Gasteiger partial charge is 0.224 e. The molecule has 0 aromatic heterocycles. The Morgan fingerprint density at radius 3 is 2.84 bits per heavy atom. The normalized spacial score (nSPS) is 12.2. The lowest BCUT2D eigenvalue weighted by Crippen LogP contribution is -2.30. The molecule has 0 heterocycles. The third-order valence-electron chi connectivity index (χ3n) is 3.08. The predicted molar refractivity (Wildman–Crippen MR) is 81.0 cm³/mol. The Balaban J connectivity index is 2.38. The van der Waals surface area contributed by atoms with E-state index in [0.717, 1.165) is 29.3 Å². The minimum atomic E-state index is 0.0390. The lowest BCUT2D eigenvalue weighted by atomic mass is 10.00. The van der Waals surface area contributed by atoms with Gasteiger partial charge in [-0.25, -0.2) is 0 Å². The number of nitrogens with one attached hydrogen (secondary N) is 1. The standard InChI is InChI=1S/C15H22BrNO2/c1-2-4-12(7-8-18)11-17-15(19)10-13-5-3-6-14(16)9-13/h3,5-6,9,12,18H,2,4,7-8,10-11H2,1H3,(H,17,19). The van der Waals surface area contributed by atoms with E-state index in [0.29, 0.717) is 18.9 Å². The van der Waals surface area contributed by atoms with Gasteiger partial charge in [0, 0.05) is 17.6 Å². The van der Waals surface area contributed by atoms with Crippen LogP contribution in [0.25, 0.3) is 0 Å². The lowest BCUT2D eigenvalue weighted by Gasteiger charge is -2.15. The first-order chi connectivity index (χ1) is 9.15. The molecule has 0 bridgehead atoms. The summed E-state index contributed by atoms with van der Waals surface area (Å²) in [5.74, 6) is 0.415. The molecule has 4 heteroatoms. The summed E-state index contributed by atoms with van der Waals surface area (Å²) >= 11 is 3.40. The molecule has 1 unspecified atom stereocenters. The van der Waals surface area contributed by atoms with Gasteiger partial charge in [-0.05, 0) is 36.5 Å². The highest BCUT2D eigenvalue weighted by Gasteiger charge is 2.09. The van der Waals surface area contributed by atoms with E-state index in [1.807, 2.05) is 24.3 Å². The van der Waals surface area contributed by atoms with Gasteiger partial charge in [0.05, 0.1) is 6.42 Å². The molecule has 0 aliphatic heterocycles. The highest BCUT2D eigenvalue weighted by Crippen LogP contribution is 2.12. The molecule has 19 heavy (non-hydrogen) atoms. The maximum Gasteiger partial charge on any atom is 0.224 e. The fourth-order valence-corrected chi connectivity index (χ4v) is 2.54. The molecule has 1 aromatic carbocycles. The second-order valence-electron chi connectivity index (χ2n) is 4.78. The van der Waals surface area contributed by atoms with Gasteiger partial charge in [0.15, 0.2) is 0 Å². The van der Waals surface area contributed by atoms with Crippen molar-refractivity contribution >= 4 is 21.8 Å². The number of aliphatic hydroxyl groups is 1. The molecule has 0 spiro atoms. The second kappa shape index (κ2) is 9.10. The van der Waals surface area contributed by atoms with E-state index in [1.165, 1.54) is 0 Å². The van der Waals surface area contributed by atoms with Crippen LogP contribution in [0.4, 0.5) is 0 Å². The van der Waals surface area contributed by atoms with E-state index >= 15 is 0 Å². The minimum absolute atomic E-state index is 0.0390. The summed E-state index contributed by atoms with van der Waals surface area (Å²) in [6.07, 6.45) is 3.27. The van der Waals surface area contributed by atoms with E-state index in [1.54, 1.807) is 0 Å². The molecule has 1 amide bonds. The molecular weight excluding hydrogens is 306 g/mol. The fraction of sp³-hybridized carbons (Fsp3) is 0.533. The number of aliphatic hydroxyl groups excluding tert-OH is 1. The predicted octanol–water partition coefficient (Wildman–Crippen LogP) is 2.91. The Morgan fingerprint density at radius 2 is 2.21 bits per heavy atom. The Kier molecular flexibility index (Phi) is 7.75. The SMILES string of the molecule is CCCC(CCO)CNC(=O)Cc1cccc(Br)c1. The molecule has 0 radical (unpaired) electrons. The number of rotatable bonds is 8. The highest BCUT2D eigenvalue weighted by molar-refractivity contribution is 9.10. The van der Waals surface area contributed by atoms with Crippen LogP contribution in [0.5, 0.6) is 0 Å². The van der Waals surface area contributed by atoms with Gasteiger partial charge in [-0.2, -0.15) is 0 Å². The van der Waals surface area contributed by atoms with E-state index in [9.17, 15) is 4.79 Å². The first kappa shape index (κ1) is 16.2. The van der Waals surface area contributed by atoms with E-state index in [4.69, 9.17) is 5.11 Å². The van der Waals surface area contributed by atoms with E-state index < -0.39 is 0 Å². The number of amides is 1.